The highest BCUT2D eigenvalue weighted by Crippen LogP contribution is 2.48. The zero-order valence-electron chi connectivity index (χ0n) is 17.6. The van der Waals surface area contributed by atoms with Gasteiger partial charge in [0.05, 0.1) is 11.8 Å². The molecule has 6 heteroatoms. The van der Waals surface area contributed by atoms with E-state index in [9.17, 15) is 14.4 Å². The molecule has 0 aromatic rings. The Morgan fingerprint density at radius 1 is 1.00 bits per heavy atom. The lowest BCUT2D eigenvalue weighted by atomic mass is 9.61. The van der Waals surface area contributed by atoms with E-state index in [2.05, 4.69) is 20.8 Å². The van der Waals surface area contributed by atoms with Crippen LogP contribution in [0, 0.1) is 16.2 Å². The monoisotopic (exact) mass is 370 g/mol. The van der Waals surface area contributed by atoms with Gasteiger partial charge in [-0.1, -0.05) is 41.5 Å². The molecule has 0 amide bonds. The molecule has 0 aromatic carbocycles. The quantitative estimate of drug-likeness (QED) is 0.543. The van der Waals surface area contributed by atoms with Crippen molar-refractivity contribution >= 4 is 17.9 Å². The lowest BCUT2D eigenvalue weighted by Gasteiger charge is -2.44. The summed E-state index contributed by atoms with van der Waals surface area (Å²) in [4.78, 5) is 36.7. The Balaban J connectivity index is 2.92. The number of ether oxygens (including phenoxy) is 3. The zero-order valence-corrected chi connectivity index (χ0v) is 17.6. The number of hydrogen-bond acceptors (Lipinski definition) is 6. The van der Waals surface area contributed by atoms with Gasteiger partial charge in [-0.25, -0.2) is 4.79 Å². The Bertz CT molecular complexity index is 564. The fourth-order valence-electron chi connectivity index (χ4n) is 2.95. The highest BCUT2D eigenvalue weighted by atomic mass is 16.6. The summed E-state index contributed by atoms with van der Waals surface area (Å²) in [6, 6.07) is 0. The molecule has 1 aliphatic heterocycles. The van der Waals surface area contributed by atoms with Gasteiger partial charge < -0.3 is 14.2 Å². The van der Waals surface area contributed by atoms with Crippen LogP contribution in [0.4, 0.5) is 0 Å². The minimum absolute atomic E-state index is 0.0273. The summed E-state index contributed by atoms with van der Waals surface area (Å²) in [5.74, 6) is -1.51. The molecule has 1 heterocycles. The van der Waals surface area contributed by atoms with Gasteiger partial charge in [0.25, 0.3) is 0 Å². The molecule has 150 valence electrons. The van der Waals surface area contributed by atoms with Crippen molar-refractivity contribution in [1.82, 2.24) is 0 Å². The molecular weight excluding hydrogens is 336 g/mol. The van der Waals surface area contributed by atoms with Crippen LogP contribution in [0.2, 0.25) is 0 Å². The minimum atomic E-state index is -1.45. The number of carbonyl (C=O) groups excluding carboxylic acids is 3. The number of carbonyl (C=O) groups is 3. The smallest absolute Gasteiger partial charge is 0.350 e. The lowest BCUT2D eigenvalue weighted by molar-refractivity contribution is -0.193. The van der Waals surface area contributed by atoms with E-state index in [1.54, 1.807) is 0 Å². The molecule has 1 rings (SSSR count). The van der Waals surface area contributed by atoms with Crippen LogP contribution < -0.4 is 0 Å². The summed E-state index contributed by atoms with van der Waals surface area (Å²) < 4.78 is 15.7. The third kappa shape index (κ3) is 5.45. The van der Waals surface area contributed by atoms with Crippen molar-refractivity contribution in [2.45, 2.75) is 86.9 Å². The first-order valence-electron chi connectivity index (χ1n) is 9.08. The van der Waals surface area contributed by atoms with Crippen molar-refractivity contribution in [2.24, 2.45) is 16.2 Å². The topological polar surface area (TPSA) is 78.9 Å². The molecule has 2 atom stereocenters. The molecule has 0 saturated carbocycles. The van der Waals surface area contributed by atoms with Crippen LogP contribution in [0.1, 0.15) is 75.2 Å². The molecule has 26 heavy (non-hydrogen) atoms. The highest BCUT2D eigenvalue weighted by Gasteiger charge is 2.50. The van der Waals surface area contributed by atoms with Gasteiger partial charge in [0.2, 0.25) is 5.60 Å². The number of hydrogen-bond donors (Lipinski definition) is 0. The Kier molecular flexibility index (Phi) is 6.22. The summed E-state index contributed by atoms with van der Waals surface area (Å²) >= 11 is 0. The predicted molar refractivity (Wildman–Crippen MR) is 97.3 cm³/mol. The van der Waals surface area contributed by atoms with E-state index < -0.39 is 35.0 Å². The van der Waals surface area contributed by atoms with Gasteiger partial charge in [0.15, 0.2) is 0 Å². The Morgan fingerprint density at radius 3 is 1.92 bits per heavy atom. The second-order valence-electron chi connectivity index (χ2n) is 10.1. The van der Waals surface area contributed by atoms with E-state index >= 15 is 0 Å². The second kappa shape index (κ2) is 7.20. The summed E-state index contributed by atoms with van der Waals surface area (Å²) in [7, 11) is 0. The Labute approximate surface area is 156 Å². The van der Waals surface area contributed by atoms with E-state index in [1.165, 1.54) is 13.8 Å². The van der Waals surface area contributed by atoms with Gasteiger partial charge >= 0.3 is 17.9 Å². The summed E-state index contributed by atoms with van der Waals surface area (Å²) in [5, 5.41) is 0. The first kappa shape index (κ1) is 22.5. The summed E-state index contributed by atoms with van der Waals surface area (Å²) in [6.07, 6.45) is 0.00864. The highest BCUT2D eigenvalue weighted by molar-refractivity contribution is 5.85. The van der Waals surface area contributed by atoms with Crippen LogP contribution in [0.25, 0.3) is 0 Å². The van der Waals surface area contributed by atoms with Crippen LogP contribution in [-0.4, -0.2) is 36.2 Å². The molecule has 2 unspecified atom stereocenters. The molecule has 0 aromatic heterocycles. The van der Waals surface area contributed by atoms with Crippen molar-refractivity contribution < 1.29 is 28.6 Å². The van der Waals surface area contributed by atoms with Gasteiger partial charge in [-0.2, -0.15) is 0 Å². The van der Waals surface area contributed by atoms with Gasteiger partial charge in [0.1, 0.15) is 12.7 Å². The molecule has 6 nitrogen and oxygen atoms in total. The third-order valence-electron chi connectivity index (χ3n) is 4.93. The molecule has 1 aliphatic rings. The fourth-order valence-corrected chi connectivity index (χ4v) is 2.95. The van der Waals surface area contributed by atoms with E-state index in [0.29, 0.717) is 6.42 Å². The number of cyclic esters (lactones) is 1. The van der Waals surface area contributed by atoms with Gasteiger partial charge in [0, 0.05) is 0 Å². The SMILES string of the molecule is CC(C)(C)CC(C)(C(=O)OC(C)(C)C(=O)OC1COC(=O)C1)C(C)(C)C. The minimum Gasteiger partial charge on any atom is -0.462 e. The van der Waals surface area contributed by atoms with Crippen LogP contribution in [-0.2, 0) is 28.6 Å². The van der Waals surface area contributed by atoms with E-state index in [4.69, 9.17) is 14.2 Å². The first-order valence-corrected chi connectivity index (χ1v) is 9.08. The van der Waals surface area contributed by atoms with Gasteiger partial charge in [-0.3, -0.25) is 9.59 Å². The molecule has 1 fully saturated rings. The van der Waals surface area contributed by atoms with Crippen LogP contribution >= 0.6 is 0 Å². The Hall–Kier alpha value is -1.59. The molecule has 0 spiro atoms. The maximum absolute atomic E-state index is 13.1. The van der Waals surface area contributed by atoms with Crippen molar-refractivity contribution in [3.63, 3.8) is 0 Å². The normalized spacial score (nSPS) is 21.0. The van der Waals surface area contributed by atoms with Crippen LogP contribution in [0.15, 0.2) is 0 Å². The Morgan fingerprint density at radius 2 is 1.54 bits per heavy atom. The van der Waals surface area contributed by atoms with Crippen molar-refractivity contribution in [3.05, 3.63) is 0 Å². The molecule has 0 radical (unpaired) electrons. The zero-order chi connectivity index (χ0) is 20.6. The van der Waals surface area contributed by atoms with E-state index in [1.807, 2.05) is 27.7 Å². The molecule has 1 saturated heterocycles. The summed E-state index contributed by atoms with van der Waals surface area (Å²) in [5.41, 5.74) is -2.68. The first-order chi connectivity index (χ1) is 11.5. The second-order valence-corrected chi connectivity index (χ2v) is 10.1. The lowest BCUT2D eigenvalue weighted by Crippen LogP contribution is -2.49. The maximum Gasteiger partial charge on any atom is 0.350 e. The third-order valence-corrected chi connectivity index (χ3v) is 4.93. The summed E-state index contributed by atoms with van der Waals surface area (Å²) in [6.45, 7) is 17.1. The van der Waals surface area contributed by atoms with E-state index in [-0.39, 0.29) is 23.9 Å². The predicted octanol–water partition coefficient (Wildman–Crippen LogP) is 3.66. The average Bonchev–Trinajstić information content (AvgIpc) is 2.80. The molecule has 0 bridgehead atoms. The average molecular weight is 370 g/mol. The molecule has 0 N–H and O–H groups in total. The molecule has 0 aliphatic carbocycles. The van der Waals surface area contributed by atoms with Gasteiger partial charge in [-0.05, 0) is 38.0 Å². The number of rotatable bonds is 5. The van der Waals surface area contributed by atoms with Crippen molar-refractivity contribution in [3.8, 4) is 0 Å². The number of esters is 3. The largest absolute Gasteiger partial charge is 0.462 e. The maximum atomic E-state index is 13.1. The van der Waals surface area contributed by atoms with Crippen molar-refractivity contribution in [2.75, 3.05) is 6.61 Å². The van der Waals surface area contributed by atoms with Crippen LogP contribution in [0.5, 0.6) is 0 Å². The fraction of sp³-hybridized carbons (Fsp3) is 0.850. The van der Waals surface area contributed by atoms with Crippen molar-refractivity contribution in [1.29, 1.82) is 0 Å². The van der Waals surface area contributed by atoms with Crippen LogP contribution in [0.3, 0.4) is 0 Å². The molecular formula is C20H34O6. The standard InChI is InChI=1S/C20H34O6/c1-17(2,3)12-20(9,18(4,5)6)16(23)26-19(7,8)15(22)25-13-10-14(21)24-11-13/h13H,10-12H2,1-9H3. The van der Waals surface area contributed by atoms with Gasteiger partial charge in [-0.15, -0.1) is 0 Å². The van der Waals surface area contributed by atoms with E-state index in [0.717, 1.165) is 0 Å².